The first-order chi connectivity index (χ1) is 11.2. The number of hydrogen-bond donors (Lipinski definition) is 2. The van der Waals surface area contributed by atoms with Gasteiger partial charge in [-0.3, -0.25) is 9.79 Å². The van der Waals surface area contributed by atoms with E-state index in [2.05, 4.69) is 22.5 Å². The van der Waals surface area contributed by atoms with E-state index in [-0.39, 0.29) is 5.91 Å². The van der Waals surface area contributed by atoms with E-state index in [0.717, 1.165) is 44.9 Å². The highest BCUT2D eigenvalue weighted by atomic mass is 16.1. The number of likely N-dealkylation sites (tertiary alicyclic amines) is 1. The maximum absolute atomic E-state index is 11.7. The smallest absolute Gasteiger partial charge is 0.220 e. The third-order valence-electron chi connectivity index (χ3n) is 5.50. The van der Waals surface area contributed by atoms with Crippen molar-refractivity contribution in [2.24, 2.45) is 10.4 Å². The van der Waals surface area contributed by atoms with Gasteiger partial charge < -0.3 is 15.5 Å². The van der Waals surface area contributed by atoms with Crippen LogP contribution in [0.1, 0.15) is 64.7 Å². The predicted octanol–water partition coefficient (Wildman–Crippen LogP) is 2.28. The number of carbonyl (C=O) groups is 1. The van der Waals surface area contributed by atoms with Crippen LogP contribution in [-0.4, -0.2) is 49.0 Å². The lowest BCUT2D eigenvalue weighted by Gasteiger charge is -2.26. The average molecular weight is 320 g/mol. The van der Waals surface area contributed by atoms with E-state index in [1.54, 1.807) is 0 Å². The second-order valence-corrected chi connectivity index (χ2v) is 7.56. The van der Waals surface area contributed by atoms with Crippen LogP contribution in [-0.2, 0) is 4.79 Å². The molecule has 130 valence electrons. The van der Waals surface area contributed by atoms with Gasteiger partial charge in [-0.25, -0.2) is 0 Å². The van der Waals surface area contributed by atoms with Gasteiger partial charge in [0.2, 0.25) is 5.91 Å². The minimum atomic E-state index is 0.193. The van der Waals surface area contributed by atoms with Crippen molar-refractivity contribution in [1.29, 1.82) is 0 Å². The first-order valence-electron chi connectivity index (χ1n) is 9.53. The molecule has 0 bridgehead atoms. The van der Waals surface area contributed by atoms with Crippen molar-refractivity contribution in [2.45, 2.75) is 70.8 Å². The van der Waals surface area contributed by atoms with Crippen LogP contribution in [0.4, 0.5) is 0 Å². The summed E-state index contributed by atoms with van der Waals surface area (Å²) in [5.41, 5.74) is 0.570. The zero-order valence-corrected chi connectivity index (χ0v) is 14.6. The first kappa shape index (κ1) is 16.6. The highest BCUT2D eigenvalue weighted by molar-refractivity contribution is 5.80. The summed E-state index contributed by atoms with van der Waals surface area (Å²) in [7, 11) is 0. The summed E-state index contributed by atoms with van der Waals surface area (Å²) >= 11 is 0. The van der Waals surface area contributed by atoms with E-state index in [1.807, 2.05) is 0 Å². The Bertz CT molecular complexity index is 438. The molecule has 0 aromatic carbocycles. The van der Waals surface area contributed by atoms with Gasteiger partial charge in [-0.2, -0.15) is 0 Å². The van der Waals surface area contributed by atoms with Crippen LogP contribution in [0, 0.1) is 5.41 Å². The Morgan fingerprint density at radius 1 is 1.26 bits per heavy atom. The molecule has 5 heteroatoms. The third-order valence-corrected chi connectivity index (χ3v) is 5.50. The molecule has 1 aliphatic heterocycles. The second kappa shape index (κ2) is 7.54. The van der Waals surface area contributed by atoms with Crippen molar-refractivity contribution in [2.75, 3.05) is 26.2 Å². The Hall–Kier alpha value is -1.26. The molecular weight excluding hydrogens is 288 g/mol. The van der Waals surface area contributed by atoms with Crippen molar-refractivity contribution in [3.05, 3.63) is 0 Å². The molecule has 2 aliphatic carbocycles. The first-order valence-corrected chi connectivity index (χ1v) is 9.53. The summed E-state index contributed by atoms with van der Waals surface area (Å²) in [5, 5.41) is 6.48. The van der Waals surface area contributed by atoms with Crippen LogP contribution in [0.2, 0.25) is 0 Å². The molecule has 0 aromatic rings. The Morgan fingerprint density at radius 2 is 2.04 bits per heavy atom. The SMILES string of the molecule is CCNC(=NCCCC(=O)NC1CC1)N1CCC2(CCCC2)C1. The van der Waals surface area contributed by atoms with Crippen LogP contribution >= 0.6 is 0 Å². The highest BCUT2D eigenvalue weighted by Gasteiger charge is 2.41. The molecule has 3 aliphatic rings. The van der Waals surface area contributed by atoms with Crippen LogP contribution in [0.5, 0.6) is 0 Å². The van der Waals surface area contributed by atoms with E-state index < -0.39 is 0 Å². The van der Waals surface area contributed by atoms with Crippen molar-refractivity contribution >= 4 is 11.9 Å². The maximum atomic E-state index is 11.7. The monoisotopic (exact) mass is 320 g/mol. The lowest BCUT2D eigenvalue weighted by molar-refractivity contribution is -0.121. The fourth-order valence-electron chi connectivity index (χ4n) is 4.03. The summed E-state index contributed by atoms with van der Waals surface area (Å²) in [4.78, 5) is 18.9. The van der Waals surface area contributed by atoms with E-state index in [0.29, 0.717) is 17.9 Å². The van der Waals surface area contributed by atoms with Crippen molar-refractivity contribution in [1.82, 2.24) is 15.5 Å². The summed E-state index contributed by atoms with van der Waals surface area (Å²) in [6, 6.07) is 0.468. The Balaban J connectivity index is 1.44. The molecule has 23 heavy (non-hydrogen) atoms. The zero-order valence-electron chi connectivity index (χ0n) is 14.6. The molecule has 1 amide bonds. The largest absolute Gasteiger partial charge is 0.357 e. The lowest BCUT2D eigenvalue weighted by atomic mass is 9.86. The molecule has 0 aromatic heterocycles. The van der Waals surface area contributed by atoms with Crippen LogP contribution in [0.25, 0.3) is 0 Å². The lowest BCUT2D eigenvalue weighted by Crippen LogP contribution is -2.41. The molecular formula is C18H32N4O. The maximum Gasteiger partial charge on any atom is 0.220 e. The second-order valence-electron chi connectivity index (χ2n) is 7.56. The number of amides is 1. The molecule has 0 radical (unpaired) electrons. The van der Waals surface area contributed by atoms with E-state index >= 15 is 0 Å². The number of aliphatic imine (C=N–C) groups is 1. The fraction of sp³-hybridized carbons (Fsp3) is 0.889. The van der Waals surface area contributed by atoms with Crippen molar-refractivity contribution in [3.8, 4) is 0 Å². The average Bonchev–Trinajstić information content (AvgIpc) is 3.09. The molecule has 2 saturated carbocycles. The summed E-state index contributed by atoms with van der Waals surface area (Å²) in [5.74, 6) is 1.25. The van der Waals surface area contributed by atoms with E-state index in [9.17, 15) is 4.79 Å². The van der Waals surface area contributed by atoms with Gasteiger partial charge in [0.05, 0.1) is 0 Å². The summed E-state index contributed by atoms with van der Waals surface area (Å²) < 4.78 is 0. The number of carbonyl (C=O) groups excluding carboxylic acids is 1. The third kappa shape index (κ3) is 4.61. The van der Waals surface area contributed by atoms with Crippen molar-refractivity contribution < 1.29 is 4.79 Å². The van der Waals surface area contributed by atoms with Gasteiger partial charge in [0.15, 0.2) is 5.96 Å². The van der Waals surface area contributed by atoms with Crippen LogP contribution in [0.15, 0.2) is 4.99 Å². The van der Waals surface area contributed by atoms with E-state index in [1.165, 1.54) is 38.6 Å². The fourth-order valence-corrected chi connectivity index (χ4v) is 4.03. The minimum Gasteiger partial charge on any atom is -0.357 e. The van der Waals surface area contributed by atoms with E-state index in [4.69, 9.17) is 4.99 Å². The van der Waals surface area contributed by atoms with Gasteiger partial charge in [-0.15, -0.1) is 0 Å². The number of guanidine groups is 1. The number of hydrogen-bond acceptors (Lipinski definition) is 2. The number of nitrogens with one attached hydrogen (secondary N) is 2. The van der Waals surface area contributed by atoms with Crippen molar-refractivity contribution in [3.63, 3.8) is 0 Å². The van der Waals surface area contributed by atoms with Gasteiger partial charge >= 0.3 is 0 Å². The normalized spacial score (nSPS) is 23.5. The molecule has 3 fully saturated rings. The molecule has 3 rings (SSSR count). The van der Waals surface area contributed by atoms with Crippen LogP contribution < -0.4 is 10.6 Å². The van der Waals surface area contributed by atoms with Gasteiger partial charge in [0.1, 0.15) is 0 Å². The van der Waals surface area contributed by atoms with Gasteiger partial charge in [0.25, 0.3) is 0 Å². The molecule has 1 saturated heterocycles. The molecule has 0 unspecified atom stereocenters. The van der Waals surface area contributed by atoms with Crippen LogP contribution in [0.3, 0.4) is 0 Å². The Kier molecular flexibility index (Phi) is 5.44. The van der Waals surface area contributed by atoms with Gasteiger partial charge in [-0.05, 0) is 50.9 Å². The summed E-state index contributed by atoms with van der Waals surface area (Å²) in [6.45, 7) is 6.07. The van der Waals surface area contributed by atoms with Gasteiger partial charge in [-0.1, -0.05) is 12.8 Å². The molecule has 5 nitrogen and oxygen atoms in total. The standard InChI is InChI=1S/C18H32N4O/c1-2-19-17(20-12-5-6-16(23)21-15-7-8-15)22-13-11-18(14-22)9-3-4-10-18/h15H,2-14H2,1H3,(H,19,20)(H,21,23). The quantitative estimate of drug-likeness (QED) is 0.448. The molecule has 2 N–H and O–H groups in total. The molecule has 1 heterocycles. The summed E-state index contributed by atoms with van der Waals surface area (Å²) in [6.07, 6.45) is 10.7. The molecule has 1 spiro atoms. The topological polar surface area (TPSA) is 56.7 Å². The molecule has 0 atom stereocenters. The Morgan fingerprint density at radius 3 is 2.74 bits per heavy atom. The zero-order chi connectivity index (χ0) is 16.1. The predicted molar refractivity (Wildman–Crippen MR) is 93.5 cm³/mol. The number of nitrogens with zero attached hydrogens (tertiary/aromatic N) is 2. The Labute approximate surface area is 140 Å². The highest BCUT2D eigenvalue weighted by Crippen LogP contribution is 2.45. The number of rotatable bonds is 6. The van der Waals surface area contributed by atoms with Gasteiger partial charge in [0, 0.05) is 38.6 Å². The minimum absolute atomic E-state index is 0.193.